The largest absolute Gasteiger partial charge is 0.505 e. The topological polar surface area (TPSA) is 27.7 Å². The Labute approximate surface area is 150 Å². The molecule has 0 aromatic heterocycles. The number of benzene rings is 3. The van der Waals surface area contributed by atoms with Crippen molar-refractivity contribution in [3.8, 4) is 0 Å². The van der Waals surface area contributed by atoms with Crippen molar-refractivity contribution >= 4 is 30.3 Å². The summed E-state index contributed by atoms with van der Waals surface area (Å²) in [7, 11) is -2.72. The van der Waals surface area contributed by atoms with Crippen LogP contribution < -0.4 is 0 Å². The van der Waals surface area contributed by atoms with Gasteiger partial charge >= 0.3 is 8.80 Å². The second-order valence-corrected chi connectivity index (χ2v) is 8.58. The lowest BCUT2D eigenvalue weighted by Gasteiger charge is -2.29. The zero-order chi connectivity index (χ0) is 17.7. The average molecular weight is 355 g/mol. The monoisotopic (exact) mass is 354 g/mol. The Morgan fingerprint density at radius 3 is 1.84 bits per heavy atom. The lowest BCUT2D eigenvalue weighted by Crippen LogP contribution is -2.48. The Kier molecular flexibility index (Phi) is 5.86. The van der Waals surface area contributed by atoms with Gasteiger partial charge in [0, 0.05) is 25.9 Å². The molecule has 4 heteroatoms. The molecule has 3 aromatic rings. The van der Waals surface area contributed by atoms with E-state index in [4.69, 9.17) is 13.3 Å². The molecule has 132 valence electrons. The van der Waals surface area contributed by atoms with Crippen LogP contribution in [0.25, 0.3) is 21.5 Å². The van der Waals surface area contributed by atoms with Crippen LogP contribution in [0.4, 0.5) is 0 Å². The fourth-order valence-electron chi connectivity index (χ4n) is 3.36. The van der Waals surface area contributed by atoms with Gasteiger partial charge < -0.3 is 13.3 Å². The van der Waals surface area contributed by atoms with Crippen LogP contribution in [-0.4, -0.2) is 28.6 Å². The highest BCUT2D eigenvalue weighted by Gasteiger charge is 2.41. The smallest absolute Gasteiger partial charge is 0.374 e. The molecule has 0 radical (unpaired) electrons. The molecule has 0 saturated heterocycles. The summed E-state index contributed by atoms with van der Waals surface area (Å²) in [5.41, 5.74) is 1.23. The van der Waals surface area contributed by atoms with Gasteiger partial charge in [-0.2, -0.15) is 0 Å². The van der Waals surface area contributed by atoms with Crippen LogP contribution in [0.3, 0.4) is 0 Å². The highest BCUT2D eigenvalue weighted by Crippen LogP contribution is 2.28. The van der Waals surface area contributed by atoms with E-state index < -0.39 is 8.80 Å². The summed E-state index contributed by atoms with van der Waals surface area (Å²) in [5, 5.41) is 5.00. The first-order valence-electron chi connectivity index (χ1n) is 9.03. The fourth-order valence-corrected chi connectivity index (χ4v) is 6.01. The molecule has 0 N–H and O–H groups in total. The predicted octanol–water partition coefficient (Wildman–Crippen LogP) is 5.12. The van der Waals surface area contributed by atoms with Gasteiger partial charge in [-0.05, 0) is 60.0 Å². The molecule has 0 fully saturated rings. The zero-order valence-corrected chi connectivity index (χ0v) is 16.2. The van der Waals surface area contributed by atoms with Gasteiger partial charge in [0.05, 0.1) is 0 Å². The second-order valence-electron chi connectivity index (χ2n) is 6.00. The van der Waals surface area contributed by atoms with Gasteiger partial charge in [-0.15, -0.1) is 0 Å². The van der Waals surface area contributed by atoms with Crippen molar-refractivity contribution in [1.29, 1.82) is 0 Å². The molecule has 0 aliphatic heterocycles. The third kappa shape index (κ3) is 3.93. The van der Waals surface area contributed by atoms with E-state index in [2.05, 4.69) is 54.6 Å². The first-order valence-corrected chi connectivity index (χ1v) is 11.0. The van der Waals surface area contributed by atoms with Crippen LogP contribution in [-0.2, 0) is 19.3 Å². The Morgan fingerprint density at radius 2 is 1.24 bits per heavy atom. The summed E-state index contributed by atoms with van der Waals surface area (Å²) in [5.74, 6) is 0. The highest BCUT2D eigenvalue weighted by molar-refractivity contribution is 6.60. The molecule has 0 aliphatic rings. The van der Waals surface area contributed by atoms with E-state index in [0.29, 0.717) is 25.9 Å². The van der Waals surface area contributed by atoms with Crippen molar-refractivity contribution in [2.45, 2.75) is 26.8 Å². The number of hydrogen-bond acceptors (Lipinski definition) is 3. The van der Waals surface area contributed by atoms with Gasteiger partial charge in [0.15, 0.2) is 0 Å². The lowest BCUT2D eigenvalue weighted by atomic mass is 10.0. The number of rotatable bonds is 8. The first kappa shape index (κ1) is 18.1. The molecule has 0 bridgehead atoms. The Morgan fingerprint density at radius 1 is 0.680 bits per heavy atom. The molecule has 3 nitrogen and oxygen atoms in total. The lowest BCUT2D eigenvalue weighted by molar-refractivity contribution is 0.0705. The Bertz CT molecular complexity index is 830. The minimum atomic E-state index is -2.72. The van der Waals surface area contributed by atoms with E-state index in [9.17, 15) is 0 Å². The van der Waals surface area contributed by atoms with E-state index in [1.54, 1.807) is 0 Å². The molecule has 25 heavy (non-hydrogen) atoms. The van der Waals surface area contributed by atoms with Crippen molar-refractivity contribution < 1.29 is 13.3 Å². The van der Waals surface area contributed by atoms with Crippen LogP contribution >= 0.6 is 0 Å². The van der Waals surface area contributed by atoms with E-state index in [1.807, 2.05) is 20.8 Å². The molecule has 0 heterocycles. The maximum atomic E-state index is 6.05. The third-order valence-electron chi connectivity index (χ3n) is 4.34. The molecule has 0 saturated carbocycles. The summed E-state index contributed by atoms with van der Waals surface area (Å²) < 4.78 is 18.1. The van der Waals surface area contributed by atoms with Crippen molar-refractivity contribution in [3.63, 3.8) is 0 Å². The van der Waals surface area contributed by atoms with Gasteiger partial charge in [0.25, 0.3) is 0 Å². The molecule has 0 unspecified atom stereocenters. The van der Waals surface area contributed by atoms with E-state index >= 15 is 0 Å². The van der Waals surface area contributed by atoms with Gasteiger partial charge in [0.2, 0.25) is 0 Å². The average Bonchev–Trinajstić information content (AvgIpc) is 2.61. The number of fused-ring (bicyclic) bond motifs is 2. The van der Waals surface area contributed by atoms with Crippen LogP contribution in [0.1, 0.15) is 26.3 Å². The van der Waals surface area contributed by atoms with Gasteiger partial charge in [-0.25, -0.2) is 0 Å². The Balaban J connectivity index is 2.08. The maximum absolute atomic E-state index is 6.05. The molecule has 0 spiro atoms. The van der Waals surface area contributed by atoms with Crippen LogP contribution in [0.2, 0.25) is 0 Å². The van der Waals surface area contributed by atoms with E-state index in [1.165, 1.54) is 27.1 Å². The minimum absolute atomic E-state index is 0.597. The number of hydrogen-bond donors (Lipinski definition) is 0. The fraction of sp³-hybridized carbons (Fsp3) is 0.333. The van der Waals surface area contributed by atoms with Crippen molar-refractivity contribution in [1.82, 2.24) is 0 Å². The normalized spacial score (nSPS) is 12.1. The van der Waals surface area contributed by atoms with Crippen molar-refractivity contribution in [2.75, 3.05) is 19.8 Å². The Hall–Kier alpha value is -1.72. The van der Waals surface area contributed by atoms with Crippen molar-refractivity contribution in [2.24, 2.45) is 0 Å². The molecule has 3 rings (SSSR count). The summed E-state index contributed by atoms with van der Waals surface area (Å²) in [4.78, 5) is 0. The summed E-state index contributed by atoms with van der Waals surface area (Å²) in [6, 6.07) is 20.1. The van der Waals surface area contributed by atoms with Crippen molar-refractivity contribution in [3.05, 3.63) is 60.2 Å². The SMILES string of the molecule is CCO[Si](Cc1cccc2cc3ccccc3cc12)(OCC)OCC. The molecule has 0 amide bonds. The van der Waals surface area contributed by atoms with Gasteiger partial charge in [-0.1, -0.05) is 42.5 Å². The molecular formula is C21H26O3Si. The van der Waals surface area contributed by atoms with E-state index in [-0.39, 0.29) is 0 Å². The molecular weight excluding hydrogens is 328 g/mol. The second kappa shape index (κ2) is 8.10. The first-order chi connectivity index (χ1) is 12.2. The molecule has 0 atom stereocenters. The highest BCUT2D eigenvalue weighted by atomic mass is 28.4. The third-order valence-corrected chi connectivity index (χ3v) is 7.34. The quantitative estimate of drug-likeness (QED) is 0.415. The molecule has 3 aromatic carbocycles. The van der Waals surface area contributed by atoms with Crippen LogP contribution in [0.5, 0.6) is 0 Å². The standard InChI is InChI=1S/C21H26O3Si/c1-4-22-25(23-5-2,24-6-3)16-20-13-9-12-19-14-17-10-7-8-11-18(17)15-21(19)20/h7-15H,4-6,16H2,1-3H3. The predicted molar refractivity (Wildman–Crippen MR) is 106 cm³/mol. The molecule has 0 aliphatic carbocycles. The zero-order valence-electron chi connectivity index (χ0n) is 15.2. The summed E-state index contributed by atoms with van der Waals surface area (Å²) in [6.45, 7) is 7.78. The maximum Gasteiger partial charge on any atom is 0.505 e. The summed E-state index contributed by atoms with van der Waals surface area (Å²) in [6.07, 6.45) is 0. The van der Waals surface area contributed by atoms with Gasteiger partial charge in [0.1, 0.15) is 0 Å². The minimum Gasteiger partial charge on any atom is -0.374 e. The summed E-state index contributed by atoms with van der Waals surface area (Å²) >= 11 is 0. The van der Waals surface area contributed by atoms with Gasteiger partial charge in [-0.3, -0.25) is 0 Å². The van der Waals surface area contributed by atoms with E-state index in [0.717, 1.165) is 0 Å². The van der Waals surface area contributed by atoms with Crippen LogP contribution in [0.15, 0.2) is 54.6 Å². The van der Waals surface area contributed by atoms with Crippen LogP contribution in [0, 0.1) is 0 Å².